The van der Waals surface area contributed by atoms with Gasteiger partial charge in [0.1, 0.15) is 6.10 Å². The molecular formula is C32H42N6O6. The highest BCUT2D eigenvalue weighted by Crippen LogP contribution is 2.34. The fourth-order valence-corrected chi connectivity index (χ4v) is 6.36. The third-order valence-corrected chi connectivity index (χ3v) is 9.05. The van der Waals surface area contributed by atoms with Gasteiger partial charge in [0.15, 0.2) is 0 Å². The van der Waals surface area contributed by atoms with Crippen LogP contribution in [0.2, 0.25) is 0 Å². The van der Waals surface area contributed by atoms with Gasteiger partial charge in [-0.2, -0.15) is 0 Å². The van der Waals surface area contributed by atoms with Crippen LogP contribution in [0.15, 0.2) is 60.7 Å². The second-order valence-corrected chi connectivity index (χ2v) is 11.7. The van der Waals surface area contributed by atoms with Crippen LogP contribution >= 0.6 is 0 Å². The first-order valence-corrected chi connectivity index (χ1v) is 15.4. The molecule has 0 radical (unpaired) electrons. The van der Waals surface area contributed by atoms with Crippen LogP contribution in [0.4, 0.5) is 16.2 Å². The molecule has 2 saturated heterocycles. The molecule has 0 aromatic heterocycles. The van der Waals surface area contributed by atoms with Crippen LogP contribution in [0.25, 0.3) is 0 Å². The molecule has 1 saturated carbocycles. The minimum absolute atomic E-state index is 0.0233. The zero-order valence-electron chi connectivity index (χ0n) is 25.2. The van der Waals surface area contributed by atoms with Crippen molar-refractivity contribution in [2.45, 2.75) is 25.4 Å². The Morgan fingerprint density at radius 2 is 1.43 bits per heavy atom. The molecule has 12 heteroatoms. The van der Waals surface area contributed by atoms with Crippen LogP contribution in [0.5, 0.6) is 0 Å². The zero-order valence-corrected chi connectivity index (χ0v) is 25.2. The van der Waals surface area contributed by atoms with Crippen LogP contribution in [0.3, 0.4) is 0 Å². The zero-order chi connectivity index (χ0) is 31.1. The van der Waals surface area contributed by atoms with Crippen molar-refractivity contribution in [3.63, 3.8) is 0 Å². The van der Waals surface area contributed by atoms with Gasteiger partial charge in [0.05, 0.1) is 18.4 Å². The fraction of sp³-hybridized carbons (Fsp3) is 0.500. The van der Waals surface area contributed by atoms with Gasteiger partial charge in [0.2, 0.25) is 17.7 Å². The maximum absolute atomic E-state index is 13.5. The number of hydrogen-bond donors (Lipinski definition) is 2. The third kappa shape index (κ3) is 7.48. The maximum Gasteiger partial charge on any atom is 0.410 e. The van der Waals surface area contributed by atoms with Crippen molar-refractivity contribution in [1.82, 2.24) is 20.2 Å². The van der Waals surface area contributed by atoms with Crippen molar-refractivity contribution in [2.24, 2.45) is 11.8 Å². The van der Waals surface area contributed by atoms with E-state index in [0.29, 0.717) is 65.2 Å². The van der Waals surface area contributed by atoms with Crippen LogP contribution < -0.4 is 15.3 Å². The predicted octanol–water partition coefficient (Wildman–Crippen LogP) is 2.04. The highest BCUT2D eigenvalue weighted by molar-refractivity contribution is 5.94. The monoisotopic (exact) mass is 606 g/mol. The number of amides is 4. The summed E-state index contributed by atoms with van der Waals surface area (Å²) >= 11 is 0. The van der Waals surface area contributed by atoms with E-state index in [1.165, 1.54) is 0 Å². The number of carbonyl (C=O) groups is 4. The normalized spacial score (nSPS) is 22.7. The predicted molar refractivity (Wildman–Crippen MR) is 164 cm³/mol. The third-order valence-electron chi connectivity index (χ3n) is 9.05. The SMILES string of the molecule is CN(C(=O)CN1CCN(C(=O)O[C@@H]2CC[C@H](C(=O)N3CCN(c4ccccc4)CC3)[C@@H](C(=O)NO)C2)CC1)c1ccccc1. The first kappa shape index (κ1) is 31.3. The van der Waals surface area contributed by atoms with E-state index in [9.17, 15) is 24.4 Å². The molecular weight excluding hydrogens is 564 g/mol. The van der Waals surface area contributed by atoms with Crippen LogP contribution in [-0.2, 0) is 19.1 Å². The van der Waals surface area contributed by atoms with Crippen LogP contribution in [0, 0.1) is 11.8 Å². The highest BCUT2D eigenvalue weighted by atomic mass is 16.6. The van der Waals surface area contributed by atoms with Gasteiger partial charge >= 0.3 is 6.09 Å². The Hall–Kier alpha value is -4.16. The van der Waals surface area contributed by atoms with E-state index < -0.39 is 29.9 Å². The fourth-order valence-electron chi connectivity index (χ4n) is 6.36. The number of ether oxygens (including phenoxy) is 1. The van der Waals surface area contributed by atoms with Gasteiger partial charge in [-0.1, -0.05) is 36.4 Å². The lowest BCUT2D eigenvalue weighted by molar-refractivity contribution is -0.149. The Morgan fingerprint density at radius 1 is 0.818 bits per heavy atom. The summed E-state index contributed by atoms with van der Waals surface area (Å²) in [4.78, 5) is 61.3. The first-order chi connectivity index (χ1) is 21.3. The number of rotatable bonds is 7. The molecule has 3 atom stereocenters. The van der Waals surface area contributed by atoms with Crippen molar-refractivity contribution in [2.75, 3.05) is 75.8 Å². The Balaban J connectivity index is 1.09. The van der Waals surface area contributed by atoms with E-state index in [0.717, 1.165) is 11.4 Å². The molecule has 44 heavy (non-hydrogen) atoms. The smallest absolute Gasteiger partial charge is 0.410 e. The van der Waals surface area contributed by atoms with E-state index in [1.807, 2.05) is 53.4 Å². The molecule has 2 heterocycles. The average Bonchev–Trinajstić information content (AvgIpc) is 3.08. The lowest BCUT2D eigenvalue weighted by Crippen LogP contribution is -2.54. The standard InChI is InChI=1S/C32H42N6O6/c1-34(24-8-4-2-5-9-24)29(39)23-35-14-16-38(17-15-35)32(42)44-26-12-13-27(28(22-26)30(40)33-43)31(41)37-20-18-36(19-21-37)25-10-6-3-7-11-25/h2-11,26-28,43H,12-23H2,1H3,(H,33,40)/t26-,27+,28+/m1/s1. The number of para-hydroxylation sites is 2. The van der Waals surface area contributed by atoms with E-state index in [4.69, 9.17) is 4.74 Å². The van der Waals surface area contributed by atoms with Crippen molar-refractivity contribution in [3.05, 3.63) is 60.7 Å². The average molecular weight is 607 g/mol. The lowest BCUT2D eigenvalue weighted by Gasteiger charge is -2.41. The molecule has 2 aromatic carbocycles. The van der Waals surface area contributed by atoms with E-state index >= 15 is 0 Å². The Labute approximate surface area is 258 Å². The minimum atomic E-state index is -0.796. The van der Waals surface area contributed by atoms with E-state index in [1.54, 1.807) is 27.2 Å². The molecule has 1 aliphatic carbocycles. The molecule has 2 N–H and O–H groups in total. The lowest BCUT2D eigenvalue weighted by atomic mass is 9.76. The summed E-state index contributed by atoms with van der Waals surface area (Å²) in [6, 6.07) is 19.5. The van der Waals surface area contributed by atoms with Crippen LogP contribution in [-0.4, -0.2) is 116 Å². The molecule has 12 nitrogen and oxygen atoms in total. The summed E-state index contributed by atoms with van der Waals surface area (Å²) in [5.74, 6) is -2.14. The number of likely N-dealkylation sites (N-methyl/N-ethyl adjacent to an activating group) is 1. The number of hydroxylamine groups is 1. The van der Waals surface area contributed by atoms with Gasteiger partial charge in [0.25, 0.3) is 0 Å². The largest absolute Gasteiger partial charge is 0.446 e. The summed E-state index contributed by atoms with van der Waals surface area (Å²) in [5, 5.41) is 9.44. The van der Waals surface area contributed by atoms with E-state index in [-0.39, 0.29) is 24.8 Å². The summed E-state index contributed by atoms with van der Waals surface area (Å²) < 4.78 is 5.80. The number of anilines is 2. The molecule has 2 aromatic rings. The molecule has 3 aliphatic rings. The van der Waals surface area contributed by atoms with Gasteiger partial charge < -0.3 is 24.3 Å². The summed E-state index contributed by atoms with van der Waals surface area (Å²) in [7, 11) is 1.75. The van der Waals surface area contributed by atoms with Crippen molar-refractivity contribution < 1.29 is 29.1 Å². The molecule has 236 valence electrons. The Kier molecular flexibility index (Phi) is 10.3. The number of piperazine rings is 2. The van der Waals surface area contributed by atoms with Gasteiger partial charge in [-0.3, -0.25) is 24.5 Å². The Bertz CT molecular complexity index is 1280. The van der Waals surface area contributed by atoms with Crippen molar-refractivity contribution >= 4 is 35.2 Å². The number of hydrogen-bond acceptors (Lipinski definition) is 8. The molecule has 4 amide bonds. The number of nitrogens with zero attached hydrogens (tertiary/aromatic N) is 5. The highest BCUT2D eigenvalue weighted by Gasteiger charge is 2.43. The number of nitrogens with one attached hydrogen (secondary N) is 1. The molecule has 0 spiro atoms. The number of carbonyl (C=O) groups excluding carboxylic acids is 4. The first-order valence-electron chi connectivity index (χ1n) is 15.4. The molecule has 0 unspecified atom stereocenters. The van der Waals surface area contributed by atoms with Gasteiger partial charge in [-0.15, -0.1) is 0 Å². The summed E-state index contributed by atoms with van der Waals surface area (Å²) in [6.07, 6.45) is 0.00852. The van der Waals surface area contributed by atoms with E-state index in [2.05, 4.69) is 17.0 Å². The molecule has 2 aliphatic heterocycles. The van der Waals surface area contributed by atoms with Gasteiger partial charge in [-0.05, 0) is 43.5 Å². The molecule has 5 rings (SSSR count). The minimum Gasteiger partial charge on any atom is -0.446 e. The summed E-state index contributed by atoms with van der Waals surface area (Å²) in [6.45, 7) is 4.68. The van der Waals surface area contributed by atoms with Crippen molar-refractivity contribution in [1.29, 1.82) is 0 Å². The molecule has 3 fully saturated rings. The van der Waals surface area contributed by atoms with Gasteiger partial charge in [-0.25, -0.2) is 10.3 Å². The quantitative estimate of drug-likeness (QED) is 0.363. The van der Waals surface area contributed by atoms with Gasteiger partial charge in [0, 0.05) is 70.8 Å². The molecule has 0 bridgehead atoms. The second kappa shape index (κ2) is 14.5. The van der Waals surface area contributed by atoms with Crippen molar-refractivity contribution in [3.8, 4) is 0 Å². The second-order valence-electron chi connectivity index (χ2n) is 11.7. The number of benzene rings is 2. The maximum atomic E-state index is 13.5. The Morgan fingerprint density at radius 3 is 2.07 bits per heavy atom. The van der Waals surface area contributed by atoms with Crippen LogP contribution in [0.1, 0.15) is 19.3 Å². The summed E-state index contributed by atoms with van der Waals surface area (Å²) in [5.41, 5.74) is 3.67. The topological polar surface area (TPSA) is 126 Å².